The van der Waals surface area contributed by atoms with Gasteiger partial charge in [0.15, 0.2) is 0 Å². The minimum absolute atomic E-state index is 0.133. The number of para-hydroxylation sites is 1. The van der Waals surface area contributed by atoms with Crippen LogP contribution in [0.4, 0.5) is 0 Å². The van der Waals surface area contributed by atoms with Crippen molar-refractivity contribution in [1.82, 2.24) is 5.32 Å². The predicted molar refractivity (Wildman–Crippen MR) is 94.3 cm³/mol. The summed E-state index contributed by atoms with van der Waals surface area (Å²) < 4.78 is 5.38. The number of carbonyl (C=O) groups is 1. The van der Waals surface area contributed by atoms with Gasteiger partial charge in [-0.05, 0) is 50.3 Å². The van der Waals surface area contributed by atoms with Gasteiger partial charge >= 0.3 is 5.97 Å². The third kappa shape index (κ3) is 5.74. The molecule has 2 N–H and O–H groups in total. The Morgan fingerprint density at radius 2 is 2.04 bits per heavy atom. The van der Waals surface area contributed by atoms with Gasteiger partial charge in [0.1, 0.15) is 5.75 Å². The maximum absolute atomic E-state index is 11.0. The Hall–Kier alpha value is -1.20. The monoisotopic (exact) mass is 337 g/mol. The largest absolute Gasteiger partial charge is 0.496 e. The summed E-state index contributed by atoms with van der Waals surface area (Å²) in [6.45, 7) is 3.23. The Labute approximate surface area is 143 Å². The summed E-state index contributed by atoms with van der Waals surface area (Å²) in [5.41, 5.74) is 0. The molecule has 0 heterocycles. The van der Waals surface area contributed by atoms with Gasteiger partial charge in [0.25, 0.3) is 0 Å². The highest BCUT2D eigenvalue weighted by Crippen LogP contribution is 2.30. The highest BCUT2D eigenvalue weighted by Gasteiger charge is 2.25. The average Bonchev–Trinajstić information content (AvgIpc) is 2.58. The van der Waals surface area contributed by atoms with Gasteiger partial charge in [-0.1, -0.05) is 19.1 Å². The van der Waals surface area contributed by atoms with Crippen LogP contribution in [0.2, 0.25) is 0 Å². The van der Waals surface area contributed by atoms with E-state index in [4.69, 9.17) is 9.84 Å². The number of benzene rings is 1. The molecule has 1 aliphatic rings. The number of carboxylic acids is 1. The van der Waals surface area contributed by atoms with Crippen molar-refractivity contribution in [3.8, 4) is 5.75 Å². The molecular formula is C18H27NO3S. The highest BCUT2D eigenvalue weighted by atomic mass is 32.2. The standard InChI is InChI=1S/C18H27NO3S/c1-13(12-23-17-6-4-3-5-16(17)22-2)11-19-15-9-7-14(8-10-15)18(20)21/h3-6,13-15,19H,7-12H2,1-2H3,(H,20,21). The van der Waals surface area contributed by atoms with Crippen LogP contribution in [0.3, 0.4) is 0 Å². The summed E-state index contributed by atoms with van der Waals surface area (Å²) in [7, 11) is 1.71. The Morgan fingerprint density at radius 1 is 1.35 bits per heavy atom. The topological polar surface area (TPSA) is 58.6 Å². The molecule has 0 aromatic heterocycles. The molecule has 1 aromatic rings. The fourth-order valence-corrected chi connectivity index (χ4v) is 3.99. The van der Waals surface area contributed by atoms with Gasteiger partial charge in [-0.25, -0.2) is 0 Å². The first-order valence-corrected chi connectivity index (χ1v) is 9.30. The Balaban J connectivity index is 1.67. The predicted octanol–water partition coefficient (Wildman–Crippen LogP) is 3.66. The molecule has 0 saturated heterocycles. The van der Waals surface area contributed by atoms with Crippen molar-refractivity contribution >= 4 is 17.7 Å². The SMILES string of the molecule is COc1ccccc1SCC(C)CNC1CCC(C(=O)O)CC1. The van der Waals surface area contributed by atoms with Gasteiger partial charge < -0.3 is 15.2 Å². The Bertz CT molecular complexity index is 501. The smallest absolute Gasteiger partial charge is 0.306 e. The second-order valence-corrected chi connectivity index (χ2v) is 7.42. The molecular weight excluding hydrogens is 310 g/mol. The molecule has 0 amide bonds. The zero-order valence-electron chi connectivity index (χ0n) is 14.0. The minimum Gasteiger partial charge on any atom is -0.496 e. The average molecular weight is 337 g/mol. The van der Waals surface area contributed by atoms with Crippen LogP contribution >= 0.6 is 11.8 Å². The minimum atomic E-state index is -0.634. The second-order valence-electron chi connectivity index (χ2n) is 6.36. The van der Waals surface area contributed by atoms with Crippen LogP contribution in [0.15, 0.2) is 29.2 Å². The van der Waals surface area contributed by atoms with E-state index in [1.807, 2.05) is 30.0 Å². The van der Waals surface area contributed by atoms with Crippen molar-refractivity contribution in [3.63, 3.8) is 0 Å². The lowest BCUT2D eigenvalue weighted by molar-refractivity contribution is -0.142. The van der Waals surface area contributed by atoms with E-state index in [-0.39, 0.29) is 5.92 Å². The van der Waals surface area contributed by atoms with Crippen molar-refractivity contribution in [2.75, 3.05) is 19.4 Å². The van der Waals surface area contributed by atoms with E-state index in [0.29, 0.717) is 12.0 Å². The van der Waals surface area contributed by atoms with E-state index in [1.54, 1.807) is 7.11 Å². The summed E-state index contributed by atoms with van der Waals surface area (Å²) in [4.78, 5) is 12.2. The first kappa shape index (κ1) is 18.1. The van der Waals surface area contributed by atoms with Crippen LogP contribution in [0.1, 0.15) is 32.6 Å². The van der Waals surface area contributed by atoms with Crippen LogP contribution < -0.4 is 10.1 Å². The van der Waals surface area contributed by atoms with E-state index >= 15 is 0 Å². The first-order chi connectivity index (χ1) is 11.1. The van der Waals surface area contributed by atoms with Gasteiger partial charge in [-0.15, -0.1) is 11.8 Å². The molecule has 128 valence electrons. The molecule has 0 aliphatic heterocycles. The van der Waals surface area contributed by atoms with Crippen molar-refractivity contribution in [3.05, 3.63) is 24.3 Å². The third-order valence-corrected chi connectivity index (χ3v) is 5.81. The number of rotatable bonds is 8. The molecule has 1 unspecified atom stereocenters. The lowest BCUT2D eigenvalue weighted by Gasteiger charge is -2.28. The van der Waals surface area contributed by atoms with E-state index in [2.05, 4.69) is 18.3 Å². The normalized spacial score (nSPS) is 22.5. The summed E-state index contributed by atoms with van der Waals surface area (Å²) in [5, 5.41) is 12.6. The number of nitrogens with one attached hydrogen (secondary N) is 1. The summed E-state index contributed by atoms with van der Waals surface area (Å²) in [5.74, 6) is 1.76. The van der Waals surface area contributed by atoms with Crippen molar-refractivity contribution < 1.29 is 14.6 Å². The molecule has 1 fully saturated rings. The molecule has 0 bridgehead atoms. The zero-order valence-corrected chi connectivity index (χ0v) is 14.8. The number of carboxylic acid groups (broad SMARTS) is 1. The molecule has 1 aliphatic carbocycles. The van der Waals surface area contributed by atoms with Gasteiger partial charge in [0.2, 0.25) is 0 Å². The lowest BCUT2D eigenvalue weighted by Crippen LogP contribution is -2.37. The molecule has 2 rings (SSSR count). The maximum Gasteiger partial charge on any atom is 0.306 e. The van der Waals surface area contributed by atoms with Crippen molar-refractivity contribution in [2.45, 2.75) is 43.5 Å². The van der Waals surface area contributed by atoms with Gasteiger partial charge in [-0.3, -0.25) is 4.79 Å². The number of hydrogen-bond donors (Lipinski definition) is 2. The molecule has 0 radical (unpaired) electrons. The number of thioether (sulfide) groups is 1. The molecule has 1 aromatic carbocycles. The number of ether oxygens (including phenoxy) is 1. The summed E-state index contributed by atoms with van der Waals surface area (Å²) >= 11 is 1.83. The molecule has 1 atom stereocenters. The summed E-state index contributed by atoms with van der Waals surface area (Å²) in [6.07, 6.45) is 3.56. The lowest BCUT2D eigenvalue weighted by atomic mass is 9.86. The molecule has 5 heteroatoms. The maximum atomic E-state index is 11.0. The van der Waals surface area contributed by atoms with Crippen LogP contribution in [-0.4, -0.2) is 36.5 Å². The molecule has 4 nitrogen and oxygen atoms in total. The van der Waals surface area contributed by atoms with E-state index in [0.717, 1.165) is 43.7 Å². The van der Waals surface area contributed by atoms with Crippen LogP contribution in [-0.2, 0) is 4.79 Å². The summed E-state index contributed by atoms with van der Waals surface area (Å²) in [6, 6.07) is 8.59. The quantitative estimate of drug-likeness (QED) is 0.709. The van der Waals surface area contributed by atoms with Crippen LogP contribution in [0.5, 0.6) is 5.75 Å². The van der Waals surface area contributed by atoms with E-state index in [1.165, 1.54) is 4.90 Å². The molecule has 0 spiro atoms. The van der Waals surface area contributed by atoms with E-state index in [9.17, 15) is 4.79 Å². The van der Waals surface area contributed by atoms with Gasteiger partial charge in [-0.2, -0.15) is 0 Å². The Morgan fingerprint density at radius 3 is 2.70 bits per heavy atom. The molecule has 1 saturated carbocycles. The fourth-order valence-electron chi connectivity index (χ4n) is 2.94. The van der Waals surface area contributed by atoms with Gasteiger partial charge in [0, 0.05) is 16.7 Å². The first-order valence-electron chi connectivity index (χ1n) is 8.32. The molecule has 23 heavy (non-hydrogen) atoms. The van der Waals surface area contributed by atoms with E-state index < -0.39 is 5.97 Å². The van der Waals surface area contributed by atoms with Crippen LogP contribution in [0, 0.1) is 11.8 Å². The van der Waals surface area contributed by atoms with Crippen LogP contribution in [0.25, 0.3) is 0 Å². The number of aliphatic carboxylic acids is 1. The zero-order chi connectivity index (χ0) is 16.7. The Kier molecular flexibility index (Phi) is 7.24. The fraction of sp³-hybridized carbons (Fsp3) is 0.611. The second kappa shape index (κ2) is 9.18. The number of hydrogen-bond acceptors (Lipinski definition) is 4. The third-order valence-electron chi connectivity index (χ3n) is 4.42. The van der Waals surface area contributed by atoms with Gasteiger partial charge in [0.05, 0.1) is 13.0 Å². The van der Waals surface area contributed by atoms with Crippen molar-refractivity contribution in [1.29, 1.82) is 0 Å². The number of methoxy groups -OCH3 is 1. The van der Waals surface area contributed by atoms with Crippen molar-refractivity contribution in [2.24, 2.45) is 11.8 Å². The highest BCUT2D eigenvalue weighted by molar-refractivity contribution is 7.99.